The van der Waals surface area contributed by atoms with Gasteiger partial charge in [0.1, 0.15) is 18.0 Å². The number of fused-ring (bicyclic) bond motifs is 1. The fourth-order valence-electron chi connectivity index (χ4n) is 5.08. The molecule has 1 aromatic heterocycles. The van der Waals surface area contributed by atoms with Gasteiger partial charge in [0.15, 0.2) is 23.8 Å². The third-order valence-electron chi connectivity index (χ3n) is 6.78. The quantitative estimate of drug-likeness (QED) is 0.174. The van der Waals surface area contributed by atoms with Crippen LogP contribution in [0.1, 0.15) is 77.2 Å². The van der Waals surface area contributed by atoms with Crippen LogP contribution >= 0.6 is 0 Å². The Morgan fingerprint density at radius 3 is 2.50 bits per heavy atom. The molecule has 4 rings (SSSR count). The lowest BCUT2D eigenvalue weighted by molar-refractivity contribution is -0.145. The van der Waals surface area contributed by atoms with Crippen molar-refractivity contribution in [2.45, 2.75) is 83.2 Å². The largest absolute Gasteiger partial charge is 0.470 e. The number of anilines is 1. The molecule has 2 aromatic rings. The second-order valence-corrected chi connectivity index (χ2v) is 9.70. The molecule has 10 heteroatoms. The van der Waals surface area contributed by atoms with Crippen LogP contribution in [0, 0.1) is 5.82 Å². The van der Waals surface area contributed by atoms with E-state index in [0.29, 0.717) is 22.5 Å². The molecular formula is C26H33FN4O5. The highest BCUT2D eigenvalue weighted by atomic mass is 19.1. The van der Waals surface area contributed by atoms with Gasteiger partial charge in [0.05, 0.1) is 11.2 Å². The molecule has 0 saturated heterocycles. The summed E-state index contributed by atoms with van der Waals surface area (Å²) in [7, 11) is 0. The minimum Gasteiger partial charge on any atom is -0.470 e. The van der Waals surface area contributed by atoms with Crippen LogP contribution in [0.3, 0.4) is 0 Å². The first-order valence-corrected chi connectivity index (χ1v) is 12.6. The molecule has 0 amide bonds. The number of pyridine rings is 1. The van der Waals surface area contributed by atoms with E-state index in [4.69, 9.17) is 10.5 Å². The Balaban J connectivity index is 1.64. The number of nitrogens with one attached hydrogen (secondary N) is 1. The Kier molecular flexibility index (Phi) is 8.22. The Bertz CT molecular complexity index is 1210. The minimum absolute atomic E-state index is 0.0858. The zero-order valence-electron chi connectivity index (χ0n) is 20.6. The molecular weight excluding hydrogens is 467 g/mol. The van der Waals surface area contributed by atoms with Gasteiger partial charge in [0.25, 0.3) is 0 Å². The Morgan fingerprint density at radius 1 is 1.11 bits per heavy atom. The standard InChI is InChI=1S/C26H33FN4O5/c1-16(32)11-26(34)36-30-24(28)15-35-25-14-23(33)19-12-20(27)21(29-17-7-3-2-4-8-17)13-22(19)31(25)18-9-5-6-10-18/h12-14,17-18,29H,2-11,15H2,1H3,(H2,28,30). The van der Waals surface area contributed by atoms with Gasteiger partial charge in [-0.25, -0.2) is 9.18 Å². The monoisotopic (exact) mass is 500 g/mol. The smallest absolute Gasteiger partial charge is 0.342 e. The molecule has 1 aromatic carbocycles. The van der Waals surface area contributed by atoms with E-state index in [-0.39, 0.29) is 35.7 Å². The molecule has 0 aliphatic heterocycles. The maximum Gasteiger partial charge on any atom is 0.342 e. The van der Waals surface area contributed by atoms with E-state index < -0.39 is 18.2 Å². The summed E-state index contributed by atoms with van der Waals surface area (Å²) in [6, 6.07) is 4.65. The molecule has 2 fully saturated rings. The topological polar surface area (TPSA) is 125 Å². The van der Waals surface area contributed by atoms with Crippen molar-refractivity contribution in [2.24, 2.45) is 10.9 Å². The van der Waals surface area contributed by atoms with Crippen LogP contribution < -0.4 is 21.2 Å². The van der Waals surface area contributed by atoms with Gasteiger partial charge in [-0.3, -0.25) is 9.59 Å². The highest BCUT2D eigenvalue weighted by Crippen LogP contribution is 2.36. The summed E-state index contributed by atoms with van der Waals surface area (Å²) < 4.78 is 22.8. The van der Waals surface area contributed by atoms with E-state index in [9.17, 15) is 14.4 Å². The van der Waals surface area contributed by atoms with Crippen LogP contribution in [0.25, 0.3) is 10.9 Å². The third kappa shape index (κ3) is 6.22. The molecule has 2 aliphatic carbocycles. The lowest BCUT2D eigenvalue weighted by Gasteiger charge is -2.26. The van der Waals surface area contributed by atoms with Crippen LogP contribution in [-0.4, -0.2) is 34.8 Å². The molecule has 36 heavy (non-hydrogen) atoms. The summed E-state index contributed by atoms with van der Waals surface area (Å²) in [4.78, 5) is 40.1. The highest BCUT2D eigenvalue weighted by Gasteiger charge is 2.24. The van der Waals surface area contributed by atoms with E-state index in [0.717, 1.165) is 51.4 Å². The lowest BCUT2D eigenvalue weighted by Crippen LogP contribution is -2.25. The van der Waals surface area contributed by atoms with Crippen molar-refractivity contribution in [3.8, 4) is 5.88 Å². The number of ether oxygens (including phenoxy) is 1. The number of hydrogen-bond acceptors (Lipinski definition) is 7. The van der Waals surface area contributed by atoms with Gasteiger partial charge in [0.2, 0.25) is 0 Å². The maximum absolute atomic E-state index is 15.0. The van der Waals surface area contributed by atoms with E-state index >= 15 is 4.39 Å². The molecule has 2 saturated carbocycles. The molecule has 194 valence electrons. The van der Waals surface area contributed by atoms with Gasteiger partial charge in [-0.15, -0.1) is 0 Å². The number of carbonyl (C=O) groups excluding carboxylic acids is 2. The van der Waals surface area contributed by atoms with Crippen molar-refractivity contribution < 1.29 is 23.6 Å². The number of rotatable bonds is 9. The molecule has 9 nitrogen and oxygen atoms in total. The number of ketones is 1. The predicted octanol–water partition coefficient (Wildman–Crippen LogP) is 4.17. The molecule has 0 unspecified atom stereocenters. The number of Topliss-reactive ketones (excluding diaryl/α,β-unsaturated/α-hetero) is 1. The van der Waals surface area contributed by atoms with Crippen LogP contribution in [0.2, 0.25) is 0 Å². The van der Waals surface area contributed by atoms with Gasteiger partial charge in [-0.1, -0.05) is 37.3 Å². The molecule has 3 N–H and O–H groups in total. The third-order valence-corrected chi connectivity index (χ3v) is 6.78. The number of hydrogen-bond donors (Lipinski definition) is 2. The second-order valence-electron chi connectivity index (χ2n) is 9.70. The van der Waals surface area contributed by atoms with Gasteiger partial charge in [-0.2, -0.15) is 0 Å². The predicted molar refractivity (Wildman–Crippen MR) is 135 cm³/mol. The lowest BCUT2D eigenvalue weighted by atomic mass is 9.95. The Labute approximate surface area is 208 Å². The van der Waals surface area contributed by atoms with Crippen LogP contribution in [0.4, 0.5) is 10.1 Å². The summed E-state index contributed by atoms with van der Waals surface area (Å²) >= 11 is 0. The number of nitrogens with zero attached hydrogens (tertiary/aromatic N) is 2. The van der Waals surface area contributed by atoms with Gasteiger partial charge < -0.3 is 25.2 Å². The average Bonchev–Trinajstić information content (AvgIpc) is 3.37. The van der Waals surface area contributed by atoms with Crippen molar-refractivity contribution in [1.82, 2.24) is 4.57 Å². The Morgan fingerprint density at radius 2 is 1.81 bits per heavy atom. The average molecular weight is 501 g/mol. The first kappa shape index (κ1) is 25.7. The summed E-state index contributed by atoms with van der Waals surface area (Å²) in [5.74, 6) is -1.45. The summed E-state index contributed by atoms with van der Waals surface area (Å²) in [5.41, 5.74) is 6.45. The SMILES string of the molecule is CC(=O)CC(=O)ON=C(N)COc1cc(=O)c2cc(F)c(NC3CCCCC3)cc2n1C1CCCC1. The van der Waals surface area contributed by atoms with Crippen molar-refractivity contribution in [1.29, 1.82) is 0 Å². The summed E-state index contributed by atoms with van der Waals surface area (Å²) in [6.07, 6.45) is 8.91. The first-order chi connectivity index (χ1) is 17.3. The van der Waals surface area contributed by atoms with Crippen LogP contribution in [-0.2, 0) is 14.4 Å². The maximum atomic E-state index is 15.0. The molecule has 1 heterocycles. The second kappa shape index (κ2) is 11.5. The van der Waals surface area contributed by atoms with Crippen molar-refractivity contribution in [3.63, 3.8) is 0 Å². The van der Waals surface area contributed by atoms with E-state index in [1.165, 1.54) is 25.5 Å². The summed E-state index contributed by atoms with van der Waals surface area (Å²) in [6.45, 7) is 1.03. The number of benzene rings is 1. The Hall–Kier alpha value is -3.43. The van der Waals surface area contributed by atoms with Gasteiger partial charge in [-0.05, 0) is 44.7 Å². The minimum atomic E-state index is -0.820. The van der Waals surface area contributed by atoms with E-state index in [1.54, 1.807) is 6.07 Å². The number of halogens is 1. The number of aromatic nitrogens is 1. The molecule has 0 atom stereocenters. The molecule has 0 radical (unpaired) electrons. The molecule has 2 aliphatic rings. The van der Waals surface area contributed by atoms with E-state index in [1.807, 2.05) is 4.57 Å². The zero-order valence-corrected chi connectivity index (χ0v) is 20.6. The zero-order chi connectivity index (χ0) is 25.7. The van der Waals surface area contributed by atoms with Crippen LogP contribution in [0.15, 0.2) is 28.1 Å². The summed E-state index contributed by atoms with van der Waals surface area (Å²) in [5, 5.41) is 7.15. The van der Waals surface area contributed by atoms with Gasteiger partial charge in [0, 0.05) is 23.5 Å². The number of nitrogens with two attached hydrogens (primary N) is 1. The van der Waals surface area contributed by atoms with Gasteiger partial charge >= 0.3 is 5.97 Å². The number of oxime groups is 1. The van der Waals surface area contributed by atoms with Crippen molar-refractivity contribution in [3.05, 3.63) is 34.2 Å². The fourth-order valence-corrected chi connectivity index (χ4v) is 5.08. The normalized spacial score (nSPS) is 17.3. The van der Waals surface area contributed by atoms with Crippen molar-refractivity contribution in [2.75, 3.05) is 11.9 Å². The van der Waals surface area contributed by atoms with E-state index in [2.05, 4.69) is 15.3 Å². The molecule has 0 spiro atoms. The highest BCUT2D eigenvalue weighted by molar-refractivity contribution is 5.94. The number of carbonyl (C=O) groups is 2. The van der Waals surface area contributed by atoms with Crippen LogP contribution in [0.5, 0.6) is 5.88 Å². The molecule has 0 bridgehead atoms. The fraction of sp³-hybridized carbons (Fsp3) is 0.538. The van der Waals surface area contributed by atoms with Crippen molar-refractivity contribution >= 4 is 34.2 Å². The first-order valence-electron chi connectivity index (χ1n) is 12.6. The number of amidine groups is 1.